The Morgan fingerprint density at radius 2 is 1.79 bits per heavy atom. The number of sulfonamides is 1. The molecule has 0 saturated heterocycles. The van der Waals surface area contributed by atoms with E-state index >= 15 is 0 Å². The molecular formula is C21H27ClN2O4S. The third-order valence-corrected chi connectivity index (χ3v) is 5.93. The molecule has 0 aliphatic rings. The number of carbonyl (C=O) groups is 1. The van der Waals surface area contributed by atoms with E-state index in [9.17, 15) is 13.2 Å². The second-order valence-electron chi connectivity index (χ2n) is 7.15. The van der Waals surface area contributed by atoms with Crippen LogP contribution < -0.4 is 14.4 Å². The van der Waals surface area contributed by atoms with Crippen molar-refractivity contribution in [1.82, 2.24) is 5.32 Å². The first-order chi connectivity index (χ1) is 13.5. The molecule has 0 spiro atoms. The first-order valence-corrected chi connectivity index (χ1v) is 11.5. The molecule has 0 aromatic heterocycles. The molecule has 0 bridgehead atoms. The average Bonchev–Trinajstić information content (AvgIpc) is 2.63. The number of hydrogen-bond donors (Lipinski definition) is 1. The molecular weight excluding hydrogens is 412 g/mol. The fourth-order valence-electron chi connectivity index (χ4n) is 2.94. The highest BCUT2D eigenvalue weighted by molar-refractivity contribution is 7.92. The standard InChI is InChI=1S/C21H27ClN2O4S/c1-14-10-11-18(22)12-19(14)24(29(5,26)27)17(4)21(25)23-16(3)13-28-20-9-7-6-8-15(20)2/h6-12,16-17H,13H2,1-5H3,(H,23,25)/t16-,17-/m1/s1. The summed E-state index contributed by atoms with van der Waals surface area (Å²) in [5.41, 5.74) is 2.08. The lowest BCUT2D eigenvalue weighted by Crippen LogP contribution is -2.51. The molecule has 29 heavy (non-hydrogen) atoms. The molecule has 0 heterocycles. The molecule has 2 atom stereocenters. The van der Waals surface area contributed by atoms with Crippen LogP contribution in [-0.4, -0.2) is 39.3 Å². The highest BCUT2D eigenvalue weighted by atomic mass is 35.5. The predicted octanol–water partition coefficient (Wildman–Crippen LogP) is 3.70. The van der Waals surface area contributed by atoms with Crippen molar-refractivity contribution in [3.05, 3.63) is 58.6 Å². The molecule has 158 valence electrons. The number of nitrogens with one attached hydrogen (secondary N) is 1. The quantitative estimate of drug-likeness (QED) is 0.681. The van der Waals surface area contributed by atoms with Crippen molar-refractivity contribution < 1.29 is 17.9 Å². The topological polar surface area (TPSA) is 75.7 Å². The Balaban J connectivity index is 2.13. The zero-order valence-electron chi connectivity index (χ0n) is 17.3. The summed E-state index contributed by atoms with van der Waals surface area (Å²) in [6.07, 6.45) is 1.07. The van der Waals surface area contributed by atoms with Crippen LogP contribution in [0.4, 0.5) is 5.69 Å². The number of ether oxygens (including phenoxy) is 1. The third-order valence-electron chi connectivity index (χ3n) is 4.47. The number of benzene rings is 2. The average molecular weight is 439 g/mol. The maximum atomic E-state index is 12.8. The zero-order chi connectivity index (χ0) is 21.8. The van der Waals surface area contributed by atoms with Gasteiger partial charge in [0, 0.05) is 5.02 Å². The van der Waals surface area contributed by atoms with E-state index in [1.807, 2.05) is 31.2 Å². The van der Waals surface area contributed by atoms with E-state index < -0.39 is 22.0 Å². The molecule has 8 heteroatoms. The van der Waals surface area contributed by atoms with Crippen molar-refractivity contribution in [2.75, 3.05) is 17.2 Å². The maximum Gasteiger partial charge on any atom is 0.243 e. The number of hydrogen-bond acceptors (Lipinski definition) is 4. The van der Waals surface area contributed by atoms with Gasteiger partial charge in [-0.05, 0) is 57.0 Å². The molecule has 0 aliphatic heterocycles. The summed E-state index contributed by atoms with van der Waals surface area (Å²) in [4.78, 5) is 12.8. The summed E-state index contributed by atoms with van der Waals surface area (Å²) in [7, 11) is -3.72. The summed E-state index contributed by atoms with van der Waals surface area (Å²) >= 11 is 6.05. The van der Waals surface area contributed by atoms with Crippen molar-refractivity contribution in [3.63, 3.8) is 0 Å². The van der Waals surface area contributed by atoms with Gasteiger partial charge in [-0.2, -0.15) is 0 Å². The van der Waals surface area contributed by atoms with Gasteiger partial charge in [0.2, 0.25) is 15.9 Å². The molecule has 0 saturated carbocycles. The smallest absolute Gasteiger partial charge is 0.243 e. The van der Waals surface area contributed by atoms with Crippen molar-refractivity contribution >= 4 is 33.2 Å². The van der Waals surface area contributed by atoms with Gasteiger partial charge in [0.25, 0.3) is 0 Å². The Morgan fingerprint density at radius 3 is 2.41 bits per heavy atom. The van der Waals surface area contributed by atoms with Gasteiger partial charge in [0.1, 0.15) is 18.4 Å². The van der Waals surface area contributed by atoms with Gasteiger partial charge in [0.05, 0.1) is 18.0 Å². The van der Waals surface area contributed by atoms with Crippen molar-refractivity contribution in [2.45, 2.75) is 39.8 Å². The second-order valence-corrected chi connectivity index (χ2v) is 9.45. The first-order valence-electron chi connectivity index (χ1n) is 9.25. The van der Waals surface area contributed by atoms with Crippen LogP contribution >= 0.6 is 11.6 Å². The van der Waals surface area contributed by atoms with Crippen LogP contribution in [-0.2, 0) is 14.8 Å². The minimum atomic E-state index is -3.72. The first kappa shape index (κ1) is 23.0. The monoisotopic (exact) mass is 438 g/mol. The summed E-state index contributed by atoms with van der Waals surface area (Å²) in [6, 6.07) is 11.3. The number of carbonyl (C=O) groups excluding carboxylic acids is 1. The summed E-state index contributed by atoms with van der Waals surface area (Å²) < 4.78 is 31.8. The van der Waals surface area contributed by atoms with Gasteiger partial charge < -0.3 is 10.1 Å². The van der Waals surface area contributed by atoms with Crippen LogP contribution in [0, 0.1) is 13.8 Å². The lowest BCUT2D eigenvalue weighted by Gasteiger charge is -2.30. The normalized spacial score (nSPS) is 13.4. The fraction of sp³-hybridized carbons (Fsp3) is 0.381. The largest absolute Gasteiger partial charge is 0.491 e. The predicted molar refractivity (Wildman–Crippen MR) is 117 cm³/mol. The van der Waals surface area contributed by atoms with Gasteiger partial charge in [-0.25, -0.2) is 8.42 Å². The van der Waals surface area contributed by atoms with Crippen LogP contribution in [0.5, 0.6) is 5.75 Å². The van der Waals surface area contributed by atoms with E-state index in [4.69, 9.17) is 16.3 Å². The van der Waals surface area contributed by atoms with Gasteiger partial charge >= 0.3 is 0 Å². The summed E-state index contributed by atoms with van der Waals surface area (Å²) in [5.74, 6) is 0.324. The molecule has 0 aliphatic carbocycles. The molecule has 2 aromatic carbocycles. The second kappa shape index (κ2) is 9.50. The lowest BCUT2D eigenvalue weighted by molar-refractivity contribution is -0.122. The Labute approximate surface area is 177 Å². The molecule has 2 rings (SSSR count). The summed E-state index contributed by atoms with van der Waals surface area (Å²) in [5, 5.41) is 3.22. The molecule has 0 fully saturated rings. The van der Waals surface area contributed by atoms with E-state index in [2.05, 4.69) is 5.32 Å². The highest BCUT2D eigenvalue weighted by Crippen LogP contribution is 2.28. The van der Waals surface area contributed by atoms with E-state index in [-0.39, 0.29) is 12.6 Å². The van der Waals surface area contributed by atoms with E-state index in [0.29, 0.717) is 16.3 Å². The number of aryl methyl sites for hydroxylation is 2. The molecule has 6 nitrogen and oxygen atoms in total. The number of amides is 1. The van der Waals surface area contributed by atoms with Gasteiger partial charge in [-0.1, -0.05) is 35.9 Å². The van der Waals surface area contributed by atoms with Crippen molar-refractivity contribution in [2.24, 2.45) is 0 Å². The maximum absolute atomic E-state index is 12.8. The van der Waals surface area contributed by atoms with E-state index in [1.165, 1.54) is 0 Å². The Hall–Kier alpha value is -2.25. The SMILES string of the molecule is Cc1ccccc1OC[C@@H](C)NC(=O)[C@@H](C)N(c1cc(Cl)ccc1C)S(C)(=O)=O. The zero-order valence-corrected chi connectivity index (χ0v) is 18.8. The number of rotatable bonds is 8. The molecule has 1 N–H and O–H groups in total. The van der Waals surface area contributed by atoms with Crippen molar-refractivity contribution in [3.8, 4) is 5.75 Å². The van der Waals surface area contributed by atoms with Crippen LogP contribution in [0.1, 0.15) is 25.0 Å². The number of nitrogens with zero attached hydrogens (tertiary/aromatic N) is 1. The highest BCUT2D eigenvalue weighted by Gasteiger charge is 2.31. The van der Waals surface area contributed by atoms with Crippen LogP contribution in [0.3, 0.4) is 0 Å². The van der Waals surface area contributed by atoms with E-state index in [1.54, 1.807) is 39.0 Å². The number of para-hydroxylation sites is 1. The van der Waals surface area contributed by atoms with Gasteiger partial charge in [0.15, 0.2) is 0 Å². The lowest BCUT2D eigenvalue weighted by atomic mass is 10.1. The van der Waals surface area contributed by atoms with E-state index in [0.717, 1.165) is 21.9 Å². The van der Waals surface area contributed by atoms with Crippen LogP contribution in [0.15, 0.2) is 42.5 Å². The summed E-state index contributed by atoms with van der Waals surface area (Å²) in [6.45, 7) is 7.33. The fourth-order valence-corrected chi connectivity index (χ4v) is 4.33. The molecule has 0 unspecified atom stereocenters. The van der Waals surface area contributed by atoms with Crippen LogP contribution in [0.25, 0.3) is 0 Å². The molecule has 1 amide bonds. The van der Waals surface area contributed by atoms with Crippen molar-refractivity contribution in [1.29, 1.82) is 0 Å². The Bertz CT molecular complexity index is 978. The van der Waals surface area contributed by atoms with Gasteiger partial charge in [-0.15, -0.1) is 0 Å². The molecule has 0 radical (unpaired) electrons. The minimum Gasteiger partial charge on any atom is -0.491 e. The number of halogens is 1. The van der Waals surface area contributed by atoms with Gasteiger partial charge in [-0.3, -0.25) is 9.10 Å². The number of anilines is 1. The Morgan fingerprint density at radius 1 is 1.14 bits per heavy atom. The minimum absolute atomic E-state index is 0.262. The third kappa shape index (κ3) is 6.11. The molecule has 2 aromatic rings. The van der Waals surface area contributed by atoms with Crippen LogP contribution in [0.2, 0.25) is 5.02 Å². The Kier molecular flexibility index (Phi) is 7.54.